The van der Waals surface area contributed by atoms with Gasteiger partial charge in [-0.15, -0.1) is 0 Å². The van der Waals surface area contributed by atoms with Crippen molar-refractivity contribution in [1.29, 1.82) is 0 Å². The van der Waals surface area contributed by atoms with E-state index in [2.05, 4.69) is 28.7 Å². The molecule has 2 rings (SSSR count). The zero-order chi connectivity index (χ0) is 13.7. The molecule has 1 aromatic carbocycles. The molecule has 4 heteroatoms. The van der Waals surface area contributed by atoms with Crippen LogP contribution in [0.2, 0.25) is 0 Å². The zero-order valence-electron chi connectivity index (χ0n) is 11.6. The van der Waals surface area contributed by atoms with Crippen LogP contribution < -0.4 is 5.56 Å². The van der Waals surface area contributed by atoms with Gasteiger partial charge in [-0.1, -0.05) is 26.0 Å². The van der Waals surface area contributed by atoms with Crippen LogP contribution in [0.15, 0.2) is 29.1 Å². The SMILES string of the molecule is CCCN(CCC)Cc1nc2ccccc2c(=O)[nH]1. The number of aromatic amines is 1. The van der Waals surface area contributed by atoms with Crippen molar-refractivity contribution >= 4 is 10.9 Å². The first-order valence-electron chi connectivity index (χ1n) is 6.95. The number of fused-ring (bicyclic) bond motifs is 1. The molecule has 2 aromatic rings. The largest absolute Gasteiger partial charge is 0.309 e. The second kappa shape index (κ2) is 6.48. The van der Waals surface area contributed by atoms with E-state index in [0.29, 0.717) is 11.9 Å². The molecule has 102 valence electrons. The van der Waals surface area contributed by atoms with Crippen molar-refractivity contribution in [2.45, 2.75) is 33.2 Å². The highest BCUT2D eigenvalue weighted by Gasteiger charge is 2.08. The number of para-hydroxylation sites is 1. The lowest BCUT2D eigenvalue weighted by Gasteiger charge is -2.20. The summed E-state index contributed by atoms with van der Waals surface area (Å²) in [5.74, 6) is 0.755. The molecule has 1 aromatic heterocycles. The lowest BCUT2D eigenvalue weighted by atomic mass is 10.2. The molecule has 0 bridgehead atoms. The highest BCUT2D eigenvalue weighted by Crippen LogP contribution is 2.07. The molecule has 0 fully saturated rings. The Labute approximate surface area is 113 Å². The topological polar surface area (TPSA) is 49.0 Å². The first-order valence-corrected chi connectivity index (χ1v) is 6.95. The molecule has 1 heterocycles. The molecule has 19 heavy (non-hydrogen) atoms. The molecule has 0 aliphatic rings. The minimum atomic E-state index is -0.0476. The first kappa shape index (κ1) is 13.7. The highest BCUT2D eigenvalue weighted by molar-refractivity contribution is 5.77. The average Bonchev–Trinajstić information content (AvgIpc) is 2.39. The Morgan fingerprint density at radius 2 is 1.84 bits per heavy atom. The summed E-state index contributed by atoms with van der Waals surface area (Å²) in [5, 5.41) is 0.656. The van der Waals surface area contributed by atoms with E-state index in [1.165, 1.54) is 0 Å². The summed E-state index contributed by atoms with van der Waals surface area (Å²) in [4.78, 5) is 21.7. The van der Waals surface area contributed by atoms with Gasteiger partial charge >= 0.3 is 0 Å². The Kier molecular flexibility index (Phi) is 4.68. The maximum Gasteiger partial charge on any atom is 0.258 e. The number of aromatic nitrogens is 2. The van der Waals surface area contributed by atoms with Gasteiger partial charge in [-0.2, -0.15) is 0 Å². The van der Waals surface area contributed by atoms with Crippen LogP contribution in [-0.2, 0) is 6.54 Å². The maximum absolute atomic E-state index is 12.0. The third-order valence-corrected chi connectivity index (χ3v) is 3.11. The van der Waals surface area contributed by atoms with E-state index >= 15 is 0 Å². The second-order valence-electron chi connectivity index (χ2n) is 4.81. The zero-order valence-corrected chi connectivity index (χ0v) is 11.6. The molecular weight excluding hydrogens is 238 g/mol. The lowest BCUT2D eigenvalue weighted by Crippen LogP contribution is -2.27. The van der Waals surface area contributed by atoms with E-state index in [-0.39, 0.29) is 5.56 Å². The van der Waals surface area contributed by atoms with Crippen LogP contribution >= 0.6 is 0 Å². The molecule has 1 N–H and O–H groups in total. The molecule has 0 atom stereocenters. The number of hydrogen-bond acceptors (Lipinski definition) is 3. The Morgan fingerprint density at radius 1 is 1.16 bits per heavy atom. The van der Waals surface area contributed by atoms with Gasteiger partial charge in [0.2, 0.25) is 0 Å². The van der Waals surface area contributed by atoms with Crippen molar-refractivity contribution in [1.82, 2.24) is 14.9 Å². The van der Waals surface area contributed by atoms with Crippen molar-refractivity contribution in [2.24, 2.45) is 0 Å². The van der Waals surface area contributed by atoms with Crippen LogP contribution in [0, 0.1) is 0 Å². The molecule has 0 spiro atoms. The fourth-order valence-electron chi connectivity index (χ4n) is 2.32. The summed E-state index contributed by atoms with van der Waals surface area (Å²) in [6.07, 6.45) is 2.22. The summed E-state index contributed by atoms with van der Waals surface area (Å²) >= 11 is 0. The van der Waals surface area contributed by atoms with Crippen LogP contribution in [0.25, 0.3) is 10.9 Å². The van der Waals surface area contributed by atoms with Gasteiger partial charge in [0.25, 0.3) is 5.56 Å². The number of nitrogens with one attached hydrogen (secondary N) is 1. The van der Waals surface area contributed by atoms with Gasteiger partial charge < -0.3 is 4.98 Å². The number of rotatable bonds is 6. The first-order chi connectivity index (χ1) is 9.24. The third-order valence-electron chi connectivity index (χ3n) is 3.11. The lowest BCUT2D eigenvalue weighted by molar-refractivity contribution is 0.260. The van der Waals surface area contributed by atoms with Gasteiger partial charge in [0.1, 0.15) is 5.82 Å². The Balaban J connectivity index is 2.27. The normalized spacial score (nSPS) is 11.3. The molecule has 0 saturated carbocycles. The average molecular weight is 259 g/mol. The monoisotopic (exact) mass is 259 g/mol. The Morgan fingerprint density at radius 3 is 2.53 bits per heavy atom. The van der Waals surface area contributed by atoms with Gasteiger partial charge in [0.05, 0.1) is 17.4 Å². The van der Waals surface area contributed by atoms with E-state index < -0.39 is 0 Å². The molecule has 0 amide bonds. The summed E-state index contributed by atoms with van der Waals surface area (Å²) in [6, 6.07) is 7.46. The molecule has 0 aliphatic carbocycles. The number of H-pyrrole nitrogens is 1. The fourth-order valence-corrected chi connectivity index (χ4v) is 2.32. The van der Waals surface area contributed by atoms with Gasteiger partial charge in [0, 0.05) is 0 Å². The van der Waals surface area contributed by atoms with Crippen LogP contribution in [0.4, 0.5) is 0 Å². The fraction of sp³-hybridized carbons (Fsp3) is 0.467. The van der Waals surface area contributed by atoms with Crippen molar-refractivity contribution in [3.05, 3.63) is 40.4 Å². The summed E-state index contributed by atoms with van der Waals surface area (Å²) < 4.78 is 0. The van der Waals surface area contributed by atoms with E-state index in [1.807, 2.05) is 18.2 Å². The summed E-state index contributed by atoms with van der Waals surface area (Å²) in [5.41, 5.74) is 0.725. The van der Waals surface area contributed by atoms with E-state index in [9.17, 15) is 4.79 Å². The maximum atomic E-state index is 12.0. The number of hydrogen-bond donors (Lipinski definition) is 1. The standard InChI is InChI=1S/C15H21N3O/c1-3-9-18(10-4-2)11-14-16-13-8-6-5-7-12(13)15(19)17-14/h5-8H,3-4,9-11H2,1-2H3,(H,16,17,19). The van der Waals surface area contributed by atoms with Gasteiger partial charge in [-0.3, -0.25) is 9.69 Å². The van der Waals surface area contributed by atoms with Crippen molar-refractivity contribution < 1.29 is 0 Å². The van der Waals surface area contributed by atoms with Gasteiger partial charge in [-0.05, 0) is 38.1 Å². The van der Waals surface area contributed by atoms with Gasteiger partial charge in [-0.25, -0.2) is 4.98 Å². The van der Waals surface area contributed by atoms with Crippen LogP contribution in [0.3, 0.4) is 0 Å². The van der Waals surface area contributed by atoms with Crippen LogP contribution in [0.1, 0.15) is 32.5 Å². The second-order valence-corrected chi connectivity index (χ2v) is 4.81. The predicted molar refractivity (Wildman–Crippen MR) is 78.2 cm³/mol. The summed E-state index contributed by atoms with van der Waals surface area (Å²) in [6.45, 7) is 7.11. The third kappa shape index (κ3) is 3.41. The minimum absolute atomic E-state index is 0.0476. The minimum Gasteiger partial charge on any atom is -0.309 e. The predicted octanol–water partition coefficient (Wildman–Crippen LogP) is 2.55. The Bertz CT molecular complexity index is 585. The van der Waals surface area contributed by atoms with Crippen molar-refractivity contribution in [3.63, 3.8) is 0 Å². The molecule has 0 aliphatic heterocycles. The molecule has 0 radical (unpaired) electrons. The molecule has 0 saturated heterocycles. The highest BCUT2D eigenvalue weighted by atomic mass is 16.1. The quantitative estimate of drug-likeness (QED) is 0.867. The van der Waals surface area contributed by atoms with Crippen molar-refractivity contribution in [2.75, 3.05) is 13.1 Å². The summed E-state index contributed by atoms with van der Waals surface area (Å²) in [7, 11) is 0. The molecule has 0 unspecified atom stereocenters. The smallest absolute Gasteiger partial charge is 0.258 e. The number of benzene rings is 1. The van der Waals surface area contributed by atoms with Crippen molar-refractivity contribution in [3.8, 4) is 0 Å². The number of nitrogens with zero attached hydrogens (tertiary/aromatic N) is 2. The van der Waals surface area contributed by atoms with Crippen LogP contribution in [0.5, 0.6) is 0 Å². The van der Waals surface area contributed by atoms with E-state index in [1.54, 1.807) is 6.07 Å². The molecular formula is C15H21N3O. The molecule has 4 nitrogen and oxygen atoms in total. The van der Waals surface area contributed by atoms with E-state index in [0.717, 1.165) is 37.3 Å². The Hall–Kier alpha value is -1.68. The van der Waals surface area contributed by atoms with Gasteiger partial charge in [0.15, 0.2) is 0 Å². The van der Waals surface area contributed by atoms with Crippen LogP contribution in [-0.4, -0.2) is 28.0 Å². The van der Waals surface area contributed by atoms with E-state index in [4.69, 9.17) is 0 Å².